The topological polar surface area (TPSA) is 96.8 Å². The predicted molar refractivity (Wildman–Crippen MR) is 120 cm³/mol. The number of nitrogens with zero attached hydrogens (tertiary/aromatic N) is 2. The normalized spacial score (nSPS) is 11.4. The molecule has 5 rings (SSSR count). The van der Waals surface area contributed by atoms with Crippen molar-refractivity contribution >= 4 is 54.3 Å². The molecule has 0 bridgehead atoms. The molecule has 0 aliphatic carbocycles. The number of hydrogen-bond donors (Lipinski definition) is 2. The number of H-pyrrole nitrogens is 1. The molecule has 0 fully saturated rings. The third kappa shape index (κ3) is 2.89. The van der Waals surface area contributed by atoms with Crippen LogP contribution in [-0.4, -0.2) is 20.4 Å². The first-order valence-electron chi connectivity index (χ1n) is 9.41. The molecule has 30 heavy (non-hydrogen) atoms. The van der Waals surface area contributed by atoms with E-state index in [4.69, 9.17) is 0 Å². The number of carbonyl (C=O) groups is 1. The van der Waals surface area contributed by atoms with E-state index in [1.807, 2.05) is 36.4 Å². The molecule has 3 aromatic carbocycles. The van der Waals surface area contributed by atoms with Crippen molar-refractivity contribution < 1.29 is 4.79 Å². The van der Waals surface area contributed by atoms with Gasteiger partial charge in [-0.15, -0.1) is 0 Å². The summed E-state index contributed by atoms with van der Waals surface area (Å²) in [4.78, 5) is 44.5. The van der Waals surface area contributed by atoms with Crippen molar-refractivity contribution in [3.8, 4) is 0 Å². The Morgan fingerprint density at radius 1 is 1.10 bits per heavy atom. The highest BCUT2D eigenvalue weighted by molar-refractivity contribution is 7.22. The molecular weight excluding hydrogens is 400 g/mol. The van der Waals surface area contributed by atoms with Gasteiger partial charge in [-0.3, -0.25) is 19.5 Å². The van der Waals surface area contributed by atoms with Crippen LogP contribution in [0.15, 0.2) is 64.2 Å². The molecule has 7 nitrogen and oxygen atoms in total. The van der Waals surface area contributed by atoms with Crippen LogP contribution >= 0.6 is 11.3 Å². The number of anilines is 1. The van der Waals surface area contributed by atoms with Crippen LogP contribution in [0.2, 0.25) is 0 Å². The number of fused-ring (bicyclic) bond motifs is 4. The minimum Gasteiger partial charge on any atom is -0.307 e. The van der Waals surface area contributed by atoms with Gasteiger partial charge in [0.2, 0.25) is 0 Å². The Labute approximate surface area is 173 Å². The van der Waals surface area contributed by atoms with Gasteiger partial charge in [-0.2, -0.15) is 0 Å². The van der Waals surface area contributed by atoms with Crippen LogP contribution < -0.4 is 16.6 Å². The zero-order chi connectivity index (χ0) is 20.8. The molecule has 1 amide bonds. The molecule has 2 N–H and O–H groups in total. The molecule has 0 spiro atoms. The van der Waals surface area contributed by atoms with E-state index < -0.39 is 5.69 Å². The average molecular weight is 416 g/mol. The number of thiazole rings is 1. The van der Waals surface area contributed by atoms with Crippen LogP contribution in [0.4, 0.5) is 5.13 Å². The summed E-state index contributed by atoms with van der Waals surface area (Å²) in [6.07, 6.45) is 0. The molecule has 148 valence electrons. The molecule has 0 aliphatic rings. The van der Waals surface area contributed by atoms with Gasteiger partial charge in [-0.25, -0.2) is 9.78 Å². The Balaban J connectivity index is 1.52. The fraction of sp³-hybridized carbons (Fsp3) is 0.0909. The molecule has 0 aliphatic heterocycles. The number of hydrogen-bond acceptors (Lipinski definition) is 5. The quantitative estimate of drug-likeness (QED) is 0.468. The van der Waals surface area contributed by atoms with Crippen molar-refractivity contribution in [2.45, 2.75) is 13.5 Å². The molecule has 0 saturated carbocycles. The van der Waals surface area contributed by atoms with Crippen molar-refractivity contribution in [3.05, 3.63) is 81.0 Å². The monoisotopic (exact) mass is 416 g/mol. The van der Waals surface area contributed by atoms with Gasteiger partial charge in [0.05, 0.1) is 21.1 Å². The van der Waals surface area contributed by atoms with Crippen molar-refractivity contribution in [2.24, 2.45) is 0 Å². The highest BCUT2D eigenvalue weighted by Crippen LogP contribution is 2.31. The molecule has 5 aromatic rings. The number of aromatic nitrogens is 3. The van der Waals surface area contributed by atoms with Gasteiger partial charge in [0.15, 0.2) is 5.13 Å². The van der Waals surface area contributed by atoms with Gasteiger partial charge in [0, 0.05) is 17.5 Å². The Morgan fingerprint density at radius 2 is 1.93 bits per heavy atom. The highest BCUT2D eigenvalue weighted by atomic mass is 32.1. The Kier molecular flexibility index (Phi) is 4.22. The predicted octanol–water partition coefficient (Wildman–Crippen LogP) is 3.72. The van der Waals surface area contributed by atoms with E-state index in [9.17, 15) is 14.4 Å². The fourth-order valence-electron chi connectivity index (χ4n) is 3.57. The number of amides is 1. The van der Waals surface area contributed by atoms with Gasteiger partial charge < -0.3 is 4.98 Å². The van der Waals surface area contributed by atoms with E-state index in [2.05, 4.69) is 15.3 Å². The Morgan fingerprint density at radius 3 is 2.77 bits per heavy atom. The smallest absolute Gasteiger partial charge is 0.307 e. The Bertz CT molecular complexity index is 1580. The molecule has 0 unspecified atom stereocenters. The Hall–Kier alpha value is -3.78. The van der Waals surface area contributed by atoms with E-state index in [-0.39, 0.29) is 18.0 Å². The number of carbonyl (C=O) groups excluding carboxylic acids is 1. The van der Waals surface area contributed by atoms with Crippen LogP contribution in [0.1, 0.15) is 17.3 Å². The summed E-state index contributed by atoms with van der Waals surface area (Å²) >= 11 is 1.39. The standard InChI is InChI=1S/C22H16N4O3S/c1-2-26-20(28)15-9-7-13(11-16(15)23-22(26)29)19(27)25-21-24-18-14-6-4-3-5-12(14)8-10-17(18)30-21/h3-11H,2H2,1H3,(H,23,29)(H,24,25,27). The average Bonchev–Trinajstić information content (AvgIpc) is 3.16. The minimum atomic E-state index is -0.495. The van der Waals surface area contributed by atoms with E-state index in [0.717, 1.165) is 25.6 Å². The van der Waals surface area contributed by atoms with Crippen LogP contribution in [-0.2, 0) is 6.54 Å². The second-order valence-electron chi connectivity index (χ2n) is 6.85. The minimum absolute atomic E-state index is 0.276. The first-order valence-corrected chi connectivity index (χ1v) is 10.2. The lowest BCUT2D eigenvalue weighted by molar-refractivity contribution is 0.102. The van der Waals surface area contributed by atoms with Gasteiger partial charge in [-0.05, 0) is 36.6 Å². The van der Waals surface area contributed by atoms with Crippen LogP contribution in [0.3, 0.4) is 0 Å². The summed E-state index contributed by atoms with van der Waals surface area (Å²) in [5.74, 6) is -0.360. The highest BCUT2D eigenvalue weighted by Gasteiger charge is 2.14. The van der Waals surface area contributed by atoms with Gasteiger partial charge in [0.25, 0.3) is 11.5 Å². The summed E-state index contributed by atoms with van der Waals surface area (Å²) in [5, 5.41) is 5.79. The van der Waals surface area contributed by atoms with E-state index in [1.165, 1.54) is 17.4 Å². The van der Waals surface area contributed by atoms with Crippen molar-refractivity contribution in [3.63, 3.8) is 0 Å². The second-order valence-corrected chi connectivity index (χ2v) is 7.88. The summed E-state index contributed by atoms with van der Waals surface area (Å²) in [7, 11) is 0. The molecule has 2 heterocycles. The van der Waals surface area contributed by atoms with Crippen molar-refractivity contribution in [2.75, 3.05) is 5.32 Å². The zero-order valence-electron chi connectivity index (χ0n) is 15.9. The third-order valence-electron chi connectivity index (χ3n) is 5.06. The summed E-state index contributed by atoms with van der Waals surface area (Å²) < 4.78 is 2.10. The van der Waals surface area contributed by atoms with E-state index in [0.29, 0.717) is 21.6 Å². The van der Waals surface area contributed by atoms with Gasteiger partial charge in [-0.1, -0.05) is 41.7 Å². The number of nitrogens with one attached hydrogen (secondary N) is 2. The molecule has 8 heteroatoms. The maximum atomic E-state index is 12.8. The van der Waals surface area contributed by atoms with Crippen LogP contribution in [0.25, 0.3) is 31.9 Å². The second kappa shape index (κ2) is 6.93. The van der Waals surface area contributed by atoms with E-state index >= 15 is 0 Å². The lowest BCUT2D eigenvalue weighted by Gasteiger charge is -2.06. The fourth-order valence-corrected chi connectivity index (χ4v) is 4.44. The lowest BCUT2D eigenvalue weighted by Crippen LogP contribution is -2.34. The zero-order valence-corrected chi connectivity index (χ0v) is 16.7. The summed E-state index contributed by atoms with van der Waals surface area (Å²) in [6, 6.07) is 16.6. The molecule has 0 atom stereocenters. The lowest BCUT2D eigenvalue weighted by atomic mass is 10.1. The summed E-state index contributed by atoms with van der Waals surface area (Å²) in [5.41, 5.74) is 0.636. The SMILES string of the molecule is CCn1c(=O)[nH]c2cc(C(=O)Nc3nc4c(ccc5ccccc54)s3)ccc2c1=O. The molecule has 2 aromatic heterocycles. The van der Waals surface area contributed by atoms with Gasteiger partial charge in [0.1, 0.15) is 0 Å². The maximum Gasteiger partial charge on any atom is 0.328 e. The van der Waals surface area contributed by atoms with Gasteiger partial charge >= 0.3 is 5.69 Å². The number of rotatable bonds is 3. The van der Waals surface area contributed by atoms with E-state index in [1.54, 1.807) is 19.1 Å². The summed E-state index contributed by atoms with van der Waals surface area (Å²) in [6.45, 7) is 2.00. The largest absolute Gasteiger partial charge is 0.328 e. The van der Waals surface area contributed by atoms with Crippen molar-refractivity contribution in [1.82, 2.24) is 14.5 Å². The third-order valence-corrected chi connectivity index (χ3v) is 6.00. The first kappa shape index (κ1) is 18.3. The molecule has 0 saturated heterocycles. The number of aromatic amines is 1. The molecule has 0 radical (unpaired) electrons. The van der Waals surface area contributed by atoms with Crippen molar-refractivity contribution in [1.29, 1.82) is 0 Å². The molecular formula is C22H16N4O3S. The van der Waals surface area contributed by atoms with Crippen LogP contribution in [0.5, 0.6) is 0 Å². The first-order chi connectivity index (χ1) is 14.5. The maximum absolute atomic E-state index is 12.8. The number of benzene rings is 3. The van der Waals surface area contributed by atoms with Crippen LogP contribution in [0, 0.1) is 0 Å².